The highest BCUT2D eigenvalue weighted by molar-refractivity contribution is 6.32. The maximum atomic E-state index is 9.83. The van der Waals surface area contributed by atoms with Gasteiger partial charge in [-0.3, -0.25) is 0 Å². The number of fused-ring (bicyclic) bond motifs is 1. The van der Waals surface area contributed by atoms with E-state index < -0.39 is 0 Å². The Morgan fingerprint density at radius 1 is 0.939 bits per heavy atom. The SMILES string of the molecule is CCOc1cc(/C=C(/C#N)c2ccc3ccccc3c2)cc(Cl)c1OCc1ccc(C)cc1. The zero-order valence-corrected chi connectivity index (χ0v) is 19.4. The molecule has 4 aromatic rings. The first-order valence-electron chi connectivity index (χ1n) is 10.8. The molecule has 4 aromatic carbocycles. The Bertz CT molecular complexity index is 1350. The Kier molecular flexibility index (Phi) is 6.98. The molecule has 0 radical (unpaired) electrons. The van der Waals surface area contributed by atoms with Gasteiger partial charge in [0.15, 0.2) is 11.5 Å². The maximum Gasteiger partial charge on any atom is 0.180 e. The van der Waals surface area contributed by atoms with Crippen molar-refractivity contribution in [2.45, 2.75) is 20.5 Å². The van der Waals surface area contributed by atoms with Crippen LogP contribution in [0.1, 0.15) is 29.2 Å². The van der Waals surface area contributed by atoms with Crippen molar-refractivity contribution in [2.24, 2.45) is 0 Å². The summed E-state index contributed by atoms with van der Waals surface area (Å²) >= 11 is 6.60. The molecule has 0 spiro atoms. The molecule has 0 N–H and O–H groups in total. The maximum absolute atomic E-state index is 9.83. The van der Waals surface area contributed by atoms with Crippen LogP contribution >= 0.6 is 11.6 Å². The first kappa shape index (κ1) is 22.5. The van der Waals surface area contributed by atoms with E-state index in [0.29, 0.717) is 35.3 Å². The Morgan fingerprint density at radius 2 is 1.70 bits per heavy atom. The van der Waals surface area contributed by atoms with Crippen molar-refractivity contribution >= 4 is 34.0 Å². The van der Waals surface area contributed by atoms with Gasteiger partial charge in [-0.25, -0.2) is 0 Å². The zero-order valence-electron chi connectivity index (χ0n) is 18.6. The summed E-state index contributed by atoms with van der Waals surface area (Å²) in [6, 6.07) is 28.2. The van der Waals surface area contributed by atoms with Gasteiger partial charge in [0.25, 0.3) is 0 Å². The summed E-state index contributed by atoms with van der Waals surface area (Å²) in [5.41, 5.74) is 4.42. The molecule has 0 heterocycles. The number of ether oxygens (including phenoxy) is 2. The van der Waals surface area contributed by atoms with Gasteiger partial charge < -0.3 is 9.47 Å². The minimum Gasteiger partial charge on any atom is -0.490 e. The number of allylic oxidation sites excluding steroid dienone is 1. The second kappa shape index (κ2) is 10.3. The second-order valence-corrected chi connectivity index (χ2v) is 8.18. The minimum atomic E-state index is 0.385. The number of rotatable bonds is 7. The fraction of sp³-hybridized carbons (Fsp3) is 0.138. The van der Waals surface area contributed by atoms with Crippen molar-refractivity contribution in [3.05, 3.63) is 106 Å². The summed E-state index contributed by atoms with van der Waals surface area (Å²) in [4.78, 5) is 0. The van der Waals surface area contributed by atoms with Crippen LogP contribution in [0.5, 0.6) is 11.5 Å². The van der Waals surface area contributed by atoms with Crippen LogP contribution in [0.25, 0.3) is 22.4 Å². The Morgan fingerprint density at radius 3 is 2.42 bits per heavy atom. The third kappa shape index (κ3) is 5.37. The predicted molar refractivity (Wildman–Crippen MR) is 136 cm³/mol. The van der Waals surface area contributed by atoms with Crippen molar-refractivity contribution in [2.75, 3.05) is 6.61 Å². The van der Waals surface area contributed by atoms with Gasteiger partial charge in [-0.2, -0.15) is 5.26 Å². The molecule has 0 amide bonds. The summed E-state index contributed by atoms with van der Waals surface area (Å²) in [6.07, 6.45) is 1.82. The van der Waals surface area contributed by atoms with Gasteiger partial charge in [-0.05, 0) is 65.6 Å². The van der Waals surface area contributed by atoms with Gasteiger partial charge >= 0.3 is 0 Å². The van der Waals surface area contributed by atoms with Crippen molar-refractivity contribution in [3.63, 3.8) is 0 Å². The van der Waals surface area contributed by atoms with E-state index in [9.17, 15) is 5.26 Å². The number of nitriles is 1. The molecule has 0 aliphatic carbocycles. The predicted octanol–water partition coefficient (Wildman–Crippen LogP) is 7.84. The molecule has 0 atom stereocenters. The Balaban J connectivity index is 1.65. The smallest absolute Gasteiger partial charge is 0.180 e. The van der Waals surface area contributed by atoms with Crippen molar-refractivity contribution in [1.82, 2.24) is 0 Å². The van der Waals surface area contributed by atoms with Crippen LogP contribution in [0.2, 0.25) is 5.02 Å². The highest BCUT2D eigenvalue weighted by atomic mass is 35.5. The van der Waals surface area contributed by atoms with Crippen LogP contribution < -0.4 is 9.47 Å². The average molecular weight is 454 g/mol. The van der Waals surface area contributed by atoms with E-state index in [1.165, 1.54) is 5.56 Å². The molecule has 0 aliphatic heterocycles. The highest BCUT2D eigenvalue weighted by Gasteiger charge is 2.13. The van der Waals surface area contributed by atoms with E-state index in [-0.39, 0.29) is 0 Å². The largest absolute Gasteiger partial charge is 0.490 e. The van der Waals surface area contributed by atoms with Gasteiger partial charge in [-0.1, -0.05) is 77.8 Å². The Hall–Kier alpha value is -3.74. The molecular weight excluding hydrogens is 430 g/mol. The number of hydrogen-bond acceptors (Lipinski definition) is 3. The van der Waals surface area contributed by atoms with Crippen LogP contribution in [0.3, 0.4) is 0 Å². The first-order valence-corrected chi connectivity index (χ1v) is 11.2. The van der Waals surface area contributed by atoms with Gasteiger partial charge in [0.05, 0.1) is 23.3 Å². The van der Waals surface area contributed by atoms with E-state index in [1.54, 1.807) is 6.07 Å². The Labute approximate surface area is 199 Å². The second-order valence-electron chi connectivity index (χ2n) is 7.77. The zero-order chi connectivity index (χ0) is 23.2. The normalized spacial score (nSPS) is 11.3. The van der Waals surface area contributed by atoms with Gasteiger partial charge in [-0.15, -0.1) is 0 Å². The van der Waals surface area contributed by atoms with Crippen LogP contribution in [-0.4, -0.2) is 6.61 Å². The molecule has 4 rings (SSSR count). The number of halogens is 1. The standard InChI is InChI=1S/C29H24ClNO2/c1-3-32-28-16-22(15-27(30)29(28)33-19-21-10-8-20(2)9-11-21)14-26(18-31)25-13-12-23-6-4-5-7-24(23)17-25/h4-17H,3,19H2,1-2H3/b26-14-. The summed E-state index contributed by atoms with van der Waals surface area (Å²) in [6.45, 7) is 4.82. The average Bonchev–Trinajstić information content (AvgIpc) is 2.83. The quantitative estimate of drug-likeness (QED) is 0.211. The van der Waals surface area contributed by atoms with E-state index in [0.717, 1.165) is 27.5 Å². The third-order valence-electron chi connectivity index (χ3n) is 5.33. The minimum absolute atomic E-state index is 0.385. The number of nitrogens with zero attached hydrogens (tertiary/aromatic N) is 1. The van der Waals surface area contributed by atoms with Gasteiger partial charge in [0.1, 0.15) is 6.61 Å². The lowest BCUT2D eigenvalue weighted by Crippen LogP contribution is -2.01. The number of hydrogen-bond donors (Lipinski definition) is 0. The van der Waals surface area contributed by atoms with Crippen LogP contribution in [0.4, 0.5) is 0 Å². The van der Waals surface area contributed by atoms with E-state index in [4.69, 9.17) is 21.1 Å². The lowest BCUT2D eigenvalue weighted by molar-refractivity contribution is 0.269. The molecule has 0 unspecified atom stereocenters. The van der Waals surface area contributed by atoms with Crippen LogP contribution in [0, 0.1) is 18.3 Å². The summed E-state index contributed by atoms with van der Waals surface area (Å²) in [5.74, 6) is 1.06. The molecule has 164 valence electrons. The van der Waals surface area contributed by atoms with Crippen molar-refractivity contribution < 1.29 is 9.47 Å². The van der Waals surface area contributed by atoms with Crippen molar-refractivity contribution in [1.29, 1.82) is 5.26 Å². The van der Waals surface area contributed by atoms with E-state index in [1.807, 2.05) is 86.7 Å². The molecule has 33 heavy (non-hydrogen) atoms. The molecule has 3 nitrogen and oxygen atoms in total. The molecule has 0 saturated heterocycles. The molecule has 0 saturated carbocycles. The first-order chi connectivity index (χ1) is 16.1. The fourth-order valence-electron chi connectivity index (χ4n) is 3.62. The molecule has 0 fully saturated rings. The van der Waals surface area contributed by atoms with E-state index >= 15 is 0 Å². The topological polar surface area (TPSA) is 42.2 Å². The van der Waals surface area contributed by atoms with E-state index in [2.05, 4.69) is 12.1 Å². The lowest BCUT2D eigenvalue weighted by Gasteiger charge is -2.15. The molecule has 0 bridgehead atoms. The number of benzene rings is 4. The summed E-state index contributed by atoms with van der Waals surface area (Å²) in [7, 11) is 0. The molecule has 4 heteroatoms. The third-order valence-corrected chi connectivity index (χ3v) is 5.61. The van der Waals surface area contributed by atoms with Crippen molar-refractivity contribution in [3.8, 4) is 17.6 Å². The van der Waals surface area contributed by atoms with Crippen LogP contribution in [-0.2, 0) is 6.61 Å². The monoisotopic (exact) mass is 453 g/mol. The highest BCUT2D eigenvalue weighted by Crippen LogP contribution is 2.38. The van der Waals surface area contributed by atoms with Crippen LogP contribution in [0.15, 0.2) is 78.9 Å². The summed E-state index contributed by atoms with van der Waals surface area (Å²) in [5, 5.41) is 12.5. The van der Waals surface area contributed by atoms with Gasteiger partial charge in [0.2, 0.25) is 0 Å². The fourth-order valence-corrected chi connectivity index (χ4v) is 3.89. The van der Waals surface area contributed by atoms with Gasteiger partial charge in [0, 0.05) is 0 Å². The molecule has 0 aromatic heterocycles. The summed E-state index contributed by atoms with van der Waals surface area (Å²) < 4.78 is 11.8. The molecular formula is C29H24ClNO2. The molecule has 0 aliphatic rings. The number of aryl methyl sites for hydroxylation is 1. The lowest BCUT2D eigenvalue weighted by atomic mass is 10.00.